The van der Waals surface area contributed by atoms with Crippen LogP contribution in [0.2, 0.25) is 0 Å². The summed E-state index contributed by atoms with van der Waals surface area (Å²) in [5.41, 5.74) is 7.55. The minimum absolute atomic E-state index is 0.0648. The van der Waals surface area contributed by atoms with E-state index < -0.39 is 5.91 Å². The maximum Gasteiger partial charge on any atom is 0.295 e. The van der Waals surface area contributed by atoms with Gasteiger partial charge in [-0.25, -0.2) is 4.98 Å². The predicted molar refractivity (Wildman–Crippen MR) is 101 cm³/mol. The van der Waals surface area contributed by atoms with Crippen molar-refractivity contribution in [2.24, 2.45) is 0 Å². The van der Waals surface area contributed by atoms with Crippen LogP contribution in [-0.4, -0.2) is 25.1 Å². The first-order valence-electron chi connectivity index (χ1n) is 7.71. The number of nitrogens with two attached hydrogens (primary N) is 1. The number of benzene rings is 2. The van der Waals surface area contributed by atoms with Crippen molar-refractivity contribution in [3.05, 3.63) is 42.2 Å². The Morgan fingerprint density at radius 1 is 1.23 bits per heavy atom. The molecule has 0 unspecified atom stereocenters. The molecule has 2 aromatic carbocycles. The smallest absolute Gasteiger partial charge is 0.295 e. The molecule has 0 aliphatic heterocycles. The number of rotatable bonds is 4. The summed E-state index contributed by atoms with van der Waals surface area (Å²) in [4.78, 5) is 17.0. The van der Waals surface area contributed by atoms with E-state index in [1.54, 1.807) is 32.4 Å². The molecule has 7 nitrogen and oxygen atoms in total. The SMILES string of the molecule is COc1cc(OC)c2nc(NC(=O)c3oc4ccccc4c3N)sc2c1. The lowest BCUT2D eigenvalue weighted by Gasteiger charge is -2.03. The van der Waals surface area contributed by atoms with Gasteiger partial charge in [0.25, 0.3) is 5.91 Å². The molecule has 0 atom stereocenters. The molecule has 0 saturated carbocycles. The van der Waals surface area contributed by atoms with Crippen molar-refractivity contribution in [2.75, 3.05) is 25.3 Å². The van der Waals surface area contributed by atoms with E-state index in [0.29, 0.717) is 38.8 Å². The fraction of sp³-hybridized carbons (Fsp3) is 0.111. The van der Waals surface area contributed by atoms with Crippen LogP contribution in [0.1, 0.15) is 10.6 Å². The van der Waals surface area contributed by atoms with Crippen molar-refractivity contribution in [3.63, 3.8) is 0 Å². The van der Waals surface area contributed by atoms with Crippen LogP contribution in [0.25, 0.3) is 21.2 Å². The van der Waals surface area contributed by atoms with Crippen molar-refractivity contribution >= 4 is 49.2 Å². The van der Waals surface area contributed by atoms with Crippen molar-refractivity contribution in [1.29, 1.82) is 0 Å². The predicted octanol–water partition coefficient (Wildman–Crippen LogP) is 3.89. The molecule has 0 aliphatic rings. The summed E-state index contributed by atoms with van der Waals surface area (Å²) in [6, 6.07) is 10.8. The Hall–Kier alpha value is -3.26. The monoisotopic (exact) mass is 369 g/mol. The van der Waals surface area contributed by atoms with Gasteiger partial charge in [0, 0.05) is 11.5 Å². The number of amides is 1. The number of hydrogen-bond acceptors (Lipinski definition) is 7. The molecule has 2 aromatic heterocycles. The normalized spacial score (nSPS) is 11.0. The number of methoxy groups -OCH3 is 2. The molecule has 0 fully saturated rings. The van der Waals surface area contributed by atoms with Crippen LogP contribution < -0.4 is 20.5 Å². The maximum absolute atomic E-state index is 12.6. The number of aromatic nitrogens is 1. The molecule has 0 aliphatic carbocycles. The summed E-state index contributed by atoms with van der Waals surface area (Å²) in [7, 11) is 3.13. The van der Waals surface area contributed by atoms with Gasteiger partial charge in [-0.2, -0.15) is 0 Å². The van der Waals surface area contributed by atoms with Gasteiger partial charge in [-0.15, -0.1) is 0 Å². The van der Waals surface area contributed by atoms with Gasteiger partial charge in [-0.05, 0) is 18.2 Å². The van der Waals surface area contributed by atoms with E-state index in [2.05, 4.69) is 10.3 Å². The summed E-state index contributed by atoms with van der Waals surface area (Å²) >= 11 is 1.31. The first-order valence-corrected chi connectivity index (χ1v) is 8.53. The minimum Gasteiger partial charge on any atom is -0.497 e. The largest absolute Gasteiger partial charge is 0.497 e. The number of fused-ring (bicyclic) bond motifs is 2. The zero-order valence-electron chi connectivity index (χ0n) is 14.0. The number of nitrogen functional groups attached to an aromatic ring is 1. The standard InChI is InChI=1S/C18H15N3O4S/c1-23-9-7-12(24-2)15-13(8-9)26-18(20-15)21-17(22)16-14(19)10-5-3-4-6-11(10)25-16/h3-8H,19H2,1-2H3,(H,20,21,22). The van der Waals surface area contributed by atoms with E-state index in [-0.39, 0.29) is 5.76 Å². The molecule has 4 rings (SSSR count). The Bertz CT molecular complexity index is 1130. The van der Waals surface area contributed by atoms with E-state index in [1.807, 2.05) is 18.2 Å². The van der Waals surface area contributed by atoms with Crippen molar-refractivity contribution < 1.29 is 18.7 Å². The summed E-state index contributed by atoms with van der Waals surface area (Å²) in [5.74, 6) is 0.829. The van der Waals surface area contributed by atoms with Crippen molar-refractivity contribution in [1.82, 2.24) is 4.98 Å². The van der Waals surface area contributed by atoms with Gasteiger partial charge < -0.3 is 19.6 Å². The number of anilines is 2. The zero-order chi connectivity index (χ0) is 18.3. The van der Waals surface area contributed by atoms with E-state index in [0.717, 1.165) is 4.70 Å². The van der Waals surface area contributed by atoms with Crippen LogP contribution in [0.4, 0.5) is 10.8 Å². The van der Waals surface area contributed by atoms with Crippen LogP contribution in [0.15, 0.2) is 40.8 Å². The minimum atomic E-state index is -0.455. The lowest BCUT2D eigenvalue weighted by atomic mass is 10.2. The lowest BCUT2D eigenvalue weighted by molar-refractivity contribution is 0.1000. The second-order valence-corrected chi connectivity index (χ2v) is 6.52. The summed E-state index contributed by atoms with van der Waals surface area (Å²) < 4.78 is 17.0. The number of para-hydroxylation sites is 1. The van der Waals surface area contributed by atoms with Crippen LogP contribution in [0.3, 0.4) is 0 Å². The van der Waals surface area contributed by atoms with Gasteiger partial charge in [-0.3, -0.25) is 10.1 Å². The third-order valence-electron chi connectivity index (χ3n) is 3.95. The molecule has 1 amide bonds. The Labute approximate surface area is 152 Å². The molecule has 2 heterocycles. The number of furan rings is 1. The summed E-state index contributed by atoms with van der Waals surface area (Å²) in [5, 5.41) is 3.85. The second-order valence-electron chi connectivity index (χ2n) is 5.49. The summed E-state index contributed by atoms with van der Waals surface area (Å²) in [6.07, 6.45) is 0. The molecule has 26 heavy (non-hydrogen) atoms. The average Bonchev–Trinajstić information content (AvgIpc) is 3.21. The Morgan fingerprint density at radius 2 is 2.04 bits per heavy atom. The van der Waals surface area contributed by atoms with Gasteiger partial charge in [0.2, 0.25) is 5.76 Å². The van der Waals surface area contributed by atoms with E-state index in [1.165, 1.54) is 11.3 Å². The number of nitrogens with zero attached hydrogens (tertiary/aromatic N) is 1. The topological polar surface area (TPSA) is 99.6 Å². The molecule has 8 heteroatoms. The first kappa shape index (κ1) is 16.2. The molecular weight excluding hydrogens is 354 g/mol. The number of thiazole rings is 1. The van der Waals surface area contributed by atoms with Gasteiger partial charge in [0.15, 0.2) is 5.13 Å². The third kappa shape index (κ3) is 2.60. The van der Waals surface area contributed by atoms with Crippen LogP contribution in [0.5, 0.6) is 11.5 Å². The third-order valence-corrected chi connectivity index (χ3v) is 4.87. The highest BCUT2D eigenvalue weighted by molar-refractivity contribution is 7.22. The van der Waals surface area contributed by atoms with Crippen LogP contribution in [0, 0.1) is 0 Å². The Kier molecular flexibility index (Phi) is 3.89. The molecule has 0 saturated heterocycles. The quantitative estimate of drug-likeness (QED) is 0.566. The molecule has 3 N–H and O–H groups in total. The van der Waals surface area contributed by atoms with Crippen molar-refractivity contribution in [2.45, 2.75) is 0 Å². The van der Waals surface area contributed by atoms with E-state index >= 15 is 0 Å². The number of ether oxygens (including phenoxy) is 2. The Morgan fingerprint density at radius 3 is 2.77 bits per heavy atom. The molecule has 0 bridgehead atoms. The number of nitrogens with one attached hydrogen (secondary N) is 1. The van der Waals surface area contributed by atoms with Gasteiger partial charge >= 0.3 is 0 Å². The molecule has 0 radical (unpaired) electrons. The lowest BCUT2D eigenvalue weighted by Crippen LogP contribution is -2.12. The average molecular weight is 369 g/mol. The van der Waals surface area contributed by atoms with E-state index in [4.69, 9.17) is 19.6 Å². The zero-order valence-corrected chi connectivity index (χ0v) is 14.8. The second kappa shape index (κ2) is 6.23. The van der Waals surface area contributed by atoms with Gasteiger partial charge in [0.05, 0.1) is 24.6 Å². The highest BCUT2D eigenvalue weighted by Gasteiger charge is 2.20. The van der Waals surface area contributed by atoms with Crippen molar-refractivity contribution in [3.8, 4) is 11.5 Å². The van der Waals surface area contributed by atoms with Crippen LogP contribution in [-0.2, 0) is 0 Å². The molecule has 4 aromatic rings. The number of carbonyl (C=O) groups is 1. The van der Waals surface area contributed by atoms with E-state index in [9.17, 15) is 4.79 Å². The fourth-order valence-electron chi connectivity index (χ4n) is 2.69. The molecular formula is C18H15N3O4S. The first-order chi connectivity index (χ1) is 12.6. The summed E-state index contributed by atoms with van der Waals surface area (Å²) in [6.45, 7) is 0. The maximum atomic E-state index is 12.6. The highest BCUT2D eigenvalue weighted by atomic mass is 32.1. The number of hydrogen-bond donors (Lipinski definition) is 2. The fourth-order valence-corrected chi connectivity index (χ4v) is 3.60. The van der Waals surface area contributed by atoms with Gasteiger partial charge in [0.1, 0.15) is 22.6 Å². The Balaban J connectivity index is 1.70. The number of carbonyl (C=O) groups excluding carboxylic acids is 1. The van der Waals surface area contributed by atoms with Gasteiger partial charge in [-0.1, -0.05) is 23.5 Å². The highest BCUT2D eigenvalue weighted by Crippen LogP contribution is 2.36. The molecule has 0 spiro atoms. The van der Waals surface area contributed by atoms with Crippen LogP contribution >= 0.6 is 11.3 Å². The molecule has 132 valence electrons.